The molecule has 2 unspecified atom stereocenters. The van der Waals surface area contributed by atoms with Crippen molar-refractivity contribution in [2.75, 3.05) is 7.11 Å². The van der Waals surface area contributed by atoms with E-state index in [1.807, 2.05) is 0 Å². The highest BCUT2D eigenvalue weighted by atomic mass is 79.9. The molecule has 0 aliphatic rings. The molecule has 1 aromatic rings. The van der Waals surface area contributed by atoms with Crippen molar-refractivity contribution < 1.29 is 24.5 Å². The minimum absolute atomic E-state index is 0.0261. The number of carbonyl (C=O) groups excluding carboxylic acids is 1. The number of aliphatic hydroxyl groups is 1. The molecular weight excluding hydrogens is 304 g/mol. The summed E-state index contributed by atoms with van der Waals surface area (Å²) in [6.07, 6.45) is -1.76. The maximum atomic E-state index is 12.0. The van der Waals surface area contributed by atoms with Gasteiger partial charge in [0.1, 0.15) is 5.75 Å². The van der Waals surface area contributed by atoms with Crippen molar-refractivity contribution in [3.63, 3.8) is 0 Å². The molecule has 0 heterocycles. The summed E-state index contributed by atoms with van der Waals surface area (Å²) < 4.78 is 5.04. The van der Waals surface area contributed by atoms with Gasteiger partial charge in [-0.25, -0.2) is 4.79 Å². The number of aliphatic carboxylic acids is 1. The van der Waals surface area contributed by atoms with E-state index >= 15 is 0 Å². The van der Waals surface area contributed by atoms with Gasteiger partial charge in [-0.05, 0) is 13.0 Å². The molecule has 5 nitrogen and oxygen atoms in total. The summed E-state index contributed by atoms with van der Waals surface area (Å²) in [6.45, 7) is 1.62. The second-order valence-corrected chi connectivity index (χ2v) is 5.02. The van der Waals surface area contributed by atoms with Crippen LogP contribution >= 0.6 is 15.9 Å². The molecule has 0 amide bonds. The van der Waals surface area contributed by atoms with E-state index in [4.69, 9.17) is 9.84 Å². The van der Waals surface area contributed by atoms with E-state index in [2.05, 4.69) is 15.9 Å². The van der Waals surface area contributed by atoms with Gasteiger partial charge in [0.25, 0.3) is 0 Å². The number of hydrogen-bond donors (Lipinski definition) is 2. The van der Waals surface area contributed by atoms with Gasteiger partial charge >= 0.3 is 5.97 Å². The summed E-state index contributed by atoms with van der Waals surface area (Å²) in [5.74, 6) is -1.52. The molecule has 18 heavy (non-hydrogen) atoms. The van der Waals surface area contributed by atoms with Crippen molar-refractivity contribution in [2.45, 2.75) is 17.9 Å². The molecule has 0 saturated heterocycles. The summed E-state index contributed by atoms with van der Waals surface area (Å²) in [7, 11) is 1.38. The standard InChI is InChI=1S/C12H13BrO5/c1-6(13)10(14)9-7(11(15)12(16)17)4-3-5-8(9)18-2/h3-6,11,15H,1-2H3,(H,16,17). The largest absolute Gasteiger partial charge is 0.496 e. The van der Waals surface area contributed by atoms with Crippen LogP contribution in [0.4, 0.5) is 0 Å². The first-order valence-corrected chi connectivity index (χ1v) is 6.07. The third-order valence-corrected chi connectivity index (χ3v) is 2.83. The van der Waals surface area contributed by atoms with Crippen LogP contribution in [-0.2, 0) is 4.79 Å². The first kappa shape index (κ1) is 14.7. The highest BCUT2D eigenvalue weighted by molar-refractivity contribution is 9.10. The fourth-order valence-electron chi connectivity index (χ4n) is 1.54. The van der Waals surface area contributed by atoms with Crippen LogP contribution in [0.3, 0.4) is 0 Å². The van der Waals surface area contributed by atoms with Gasteiger partial charge in [0, 0.05) is 5.56 Å². The lowest BCUT2D eigenvalue weighted by atomic mass is 9.97. The lowest BCUT2D eigenvalue weighted by Crippen LogP contribution is -2.19. The van der Waals surface area contributed by atoms with Crippen LogP contribution in [0.1, 0.15) is 28.9 Å². The molecule has 0 radical (unpaired) electrons. The summed E-state index contributed by atoms with van der Waals surface area (Å²) >= 11 is 3.13. The Labute approximate surface area is 113 Å². The number of rotatable bonds is 5. The maximum Gasteiger partial charge on any atom is 0.337 e. The molecule has 6 heteroatoms. The van der Waals surface area contributed by atoms with Crippen LogP contribution in [-0.4, -0.2) is 33.9 Å². The number of carboxylic acid groups (broad SMARTS) is 1. The predicted molar refractivity (Wildman–Crippen MR) is 68.3 cm³/mol. The average molecular weight is 317 g/mol. The van der Waals surface area contributed by atoms with Crippen LogP contribution in [0.2, 0.25) is 0 Å². The smallest absolute Gasteiger partial charge is 0.337 e. The average Bonchev–Trinajstić information content (AvgIpc) is 2.35. The minimum Gasteiger partial charge on any atom is -0.496 e. The fourth-order valence-corrected chi connectivity index (χ4v) is 1.77. The summed E-state index contributed by atoms with van der Waals surface area (Å²) in [5, 5.41) is 18.4. The van der Waals surface area contributed by atoms with Crippen LogP contribution in [0.15, 0.2) is 18.2 Å². The predicted octanol–water partition coefficient (Wildman–Crippen LogP) is 1.78. The Balaban J connectivity index is 3.42. The number of ether oxygens (including phenoxy) is 1. The van der Waals surface area contributed by atoms with Crippen LogP contribution in [0.5, 0.6) is 5.75 Å². The SMILES string of the molecule is COc1cccc(C(O)C(=O)O)c1C(=O)C(C)Br. The molecule has 0 saturated carbocycles. The molecule has 0 aliphatic heterocycles. The zero-order chi connectivity index (χ0) is 13.9. The van der Waals surface area contributed by atoms with Crippen molar-refractivity contribution in [2.24, 2.45) is 0 Å². The van der Waals surface area contributed by atoms with E-state index in [0.717, 1.165) is 0 Å². The first-order chi connectivity index (χ1) is 8.40. The van der Waals surface area contributed by atoms with Gasteiger partial charge in [0.2, 0.25) is 0 Å². The maximum absolute atomic E-state index is 12.0. The number of benzene rings is 1. The molecule has 0 fully saturated rings. The number of methoxy groups -OCH3 is 1. The van der Waals surface area contributed by atoms with Crippen LogP contribution < -0.4 is 4.74 Å². The number of Topliss-reactive ketones (excluding diaryl/α,β-unsaturated/α-hetero) is 1. The normalized spacial score (nSPS) is 13.8. The molecule has 1 aromatic carbocycles. The first-order valence-electron chi connectivity index (χ1n) is 5.16. The van der Waals surface area contributed by atoms with E-state index in [1.54, 1.807) is 13.0 Å². The monoisotopic (exact) mass is 316 g/mol. The van der Waals surface area contributed by atoms with Crippen molar-refractivity contribution in [3.05, 3.63) is 29.3 Å². The molecule has 0 bridgehead atoms. The number of carbonyl (C=O) groups is 2. The summed E-state index contributed by atoms with van der Waals surface area (Å²) in [5.41, 5.74) is 0.109. The molecule has 98 valence electrons. The van der Waals surface area contributed by atoms with Crippen LogP contribution in [0, 0.1) is 0 Å². The van der Waals surface area contributed by atoms with Crippen molar-refractivity contribution in [3.8, 4) is 5.75 Å². The quantitative estimate of drug-likeness (QED) is 0.639. The Kier molecular flexibility index (Phi) is 4.86. The molecular formula is C12H13BrO5. The lowest BCUT2D eigenvalue weighted by Gasteiger charge is -2.15. The number of halogens is 1. The number of aliphatic hydroxyl groups excluding tert-OH is 1. The van der Waals surface area contributed by atoms with Crippen molar-refractivity contribution in [1.82, 2.24) is 0 Å². The van der Waals surface area contributed by atoms with Gasteiger partial charge in [-0.2, -0.15) is 0 Å². The van der Waals surface area contributed by atoms with Gasteiger partial charge in [-0.1, -0.05) is 28.1 Å². The van der Waals surface area contributed by atoms with Gasteiger partial charge in [-0.3, -0.25) is 4.79 Å². The van der Waals surface area contributed by atoms with Gasteiger partial charge in [0.15, 0.2) is 11.9 Å². The number of ketones is 1. The Morgan fingerprint density at radius 2 is 2.00 bits per heavy atom. The van der Waals surface area contributed by atoms with E-state index in [1.165, 1.54) is 19.2 Å². The zero-order valence-electron chi connectivity index (χ0n) is 9.88. The Bertz CT molecular complexity index is 470. The molecule has 0 spiro atoms. The number of carboxylic acids is 1. The third-order valence-electron chi connectivity index (χ3n) is 2.41. The highest BCUT2D eigenvalue weighted by Crippen LogP contribution is 2.29. The lowest BCUT2D eigenvalue weighted by molar-refractivity contribution is -0.146. The minimum atomic E-state index is -1.76. The van der Waals surface area contributed by atoms with Crippen LogP contribution in [0.25, 0.3) is 0 Å². The van der Waals surface area contributed by atoms with Gasteiger partial charge in [0.05, 0.1) is 17.5 Å². The van der Waals surface area contributed by atoms with E-state index in [-0.39, 0.29) is 22.7 Å². The molecule has 2 atom stereocenters. The molecule has 0 aromatic heterocycles. The summed E-state index contributed by atoms with van der Waals surface area (Å²) in [6, 6.07) is 4.46. The molecule has 1 rings (SSSR count). The summed E-state index contributed by atoms with van der Waals surface area (Å²) in [4.78, 5) is 22.4. The van der Waals surface area contributed by atoms with Crippen molar-refractivity contribution in [1.29, 1.82) is 0 Å². The molecule has 0 aliphatic carbocycles. The second-order valence-electron chi connectivity index (χ2n) is 3.65. The topological polar surface area (TPSA) is 83.8 Å². The third kappa shape index (κ3) is 2.88. The van der Waals surface area contributed by atoms with Crippen molar-refractivity contribution >= 4 is 27.7 Å². The van der Waals surface area contributed by atoms with E-state index < -0.39 is 16.9 Å². The Hall–Kier alpha value is -1.40. The van der Waals surface area contributed by atoms with E-state index in [0.29, 0.717) is 0 Å². The van der Waals surface area contributed by atoms with Gasteiger partial charge in [-0.15, -0.1) is 0 Å². The Morgan fingerprint density at radius 3 is 2.44 bits per heavy atom. The number of alkyl halides is 1. The molecule has 2 N–H and O–H groups in total. The second kappa shape index (κ2) is 5.97. The highest BCUT2D eigenvalue weighted by Gasteiger charge is 2.27. The fraction of sp³-hybridized carbons (Fsp3) is 0.333. The Morgan fingerprint density at radius 1 is 1.39 bits per heavy atom. The van der Waals surface area contributed by atoms with Gasteiger partial charge < -0.3 is 14.9 Å². The zero-order valence-corrected chi connectivity index (χ0v) is 11.5. The number of hydrogen-bond acceptors (Lipinski definition) is 4. The van der Waals surface area contributed by atoms with E-state index in [9.17, 15) is 14.7 Å².